The lowest BCUT2D eigenvalue weighted by Gasteiger charge is -2.14. The number of ether oxygens (including phenoxy) is 3. The van der Waals surface area contributed by atoms with Crippen molar-refractivity contribution in [2.24, 2.45) is 0 Å². The van der Waals surface area contributed by atoms with Gasteiger partial charge in [-0.3, -0.25) is 0 Å². The van der Waals surface area contributed by atoms with Gasteiger partial charge in [0.05, 0.1) is 27.0 Å². The highest BCUT2D eigenvalue weighted by atomic mass is 32.1. The normalized spacial score (nSPS) is 10.5. The molecule has 3 aromatic rings. The summed E-state index contributed by atoms with van der Waals surface area (Å²) in [6.45, 7) is 2.08. The topological polar surface area (TPSA) is 40.6 Å². The zero-order valence-corrected chi connectivity index (χ0v) is 14.9. The Morgan fingerprint density at radius 1 is 0.833 bits per heavy atom. The van der Waals surface area contributed by atoms with Crippen LogP contribution in [0.15, 0.2) is 41.8 Å². The first kappa shape index (κ1) is 16.3. The summed E-state index contributed by atoms with van der Waals surface area (Å²) in [5.41, 5.74) is 5.30. The van der Waals surface area contributed by atoms with Gasteiger partial charge in [0.25, 0.3) is 0 Å². The van der Waals surface area contributed by atoms with Crippen molar-refractivity contribution in [2.45, 2.75) is 6.92 Å². The first-order chi connectivity index (χ1) is 11.7. The minimum absolute atomic E-state index is 0.580. The standard InChI is InChI=1S/C19H19NO3S/c1-12-5-7-13(8-6-12)15-11-24-20-18(15)14-9-16(21-2)19(23-4)17(10-14)22-3/h5-11H,1-4H3. The van der Waals surface area contributed by atoms with E-state index in [0.29, 0.717) is 17.2 Å². The van der Waals surface area contributed by atoms with Gasteiger partial charge in [-0.25, -0.2) is 0 Å². The third-order valence-electron chi connectivity index (χ3n) is 3.87. The monoisotopic (exact) mass is 341 g/mol. The molecule has 0 unspecified atom stereocenters. The number of benzene rings is 2. The van der Waals surface area contributed by atoms with E-state index in [1.807, 2.05) is 12.1 Å². The zero-order chi connectivity index (χ0) is 17.1. The summed E-state index contributed by atoms with van der Waals surface area (Å²) in [4.78, 5) is 0. The molecule has 0 bridgehead atoms. The number of nitrogens with zero attached hydrogens (tertiary/aromatic N) is 1. The Labute approximate surface area is 145 Å². The summed E-state index contributed by atoms with van der Waals surface area (Å²) in [7, 11) is 4.83. The molecule has 5 heteroatoms. The number of hydrogen-bond donors (Lipinski definition) is 0. The van der Waals surface area contributed by atoms with Gasteiger partial charge in [0, 0.05) is 16.5 Å². The van der Waals surface area contributed by atoms with Crippen LogP contribution in [0.3, 0.4) is 0 Å². The Hall–Kier alpha value is -2.53. The summed E-state index contributed by atoms with van der Waals surface area (Å²) < 4.78 is 20.9. The van der Waals surface area contributed by atoms with Gasteiger partial charge in [-0.15, -0.1) is 0 Å². The minimum atomic E-state index is 0.580. The smallest absolute Gasteiger partial charge is 0.203 e. The molecule has 0 saturated carbocycles. The molecule has 0 saturated heterocycles. The van der Waals surface area contributed by atoms with E-state index in [4.69, 9.17) is 14.2 Å². The SMILES string of the molecule is COc1cc(-c2nscc2-c2ccc(C)cc2)cc(OC)c1OC. The summed E-state index contributed by atoms with van der Waals surface area (Å²) >= 11 is 1.43. The summed E-state index contributed by atoms with van der Waals surface area (Å²) in [5.74, 6) is 1.82. The largest absolute Gasteiger partial charge is 0.493 e. The summed E-state index contributed by atoms with van der Waals surface area (Å²) in [6, 6.07) is 12.3. The quantitative estimate of drug-likeness (QED) is 0.668. The molecule has 124 valence electrons. The van der Waals surface area contributed by atoms with Gasteiger partial charge >= 0.3 is 0 Å². The van der Waals surface area contributed by atoms with Crippen molar-refractivity contribution < 1.29 is 14.2 Å². The van der Waals surface area contributed by atoms with E-state index in [-0.39, 0.29) is 0 Å². The van der Waals surface area contributed by atoms with E-state index in [0.717, 1.165) is 22.4 Å². The van der Waals surface area contributed by atoms with Gasteiger partial charge in [0.15, 0.2) is 11.5 Å². The molecule has 0 atom stereocenters. The van der Waals surface area contributed by atoms with Gasteiger partial charge in [-0.2, -0.15) is 4.37 Å². The Balaban J connectivity index is 2.14. The van der Waals surface area contributed by atoms with Crippen molar-refractivity contribution >= 4 is 11.5 Å². The van der Waals surface area contributed by atoms with Crippen molar-refractivity contribution in [1.82, 2.24) is 4.37 Å². The van der Waals surface area contributed by atoms with E-state index >= 15 is 0 Å². The van der Waals surface area contributed by atoms with Crippen molar-refractivity contribution in [3.05, 3.63) is 47.3 Å². The highest BCUT2D eigenvalue weighted by Gasteiger charge is 2.18. The average molecular weight is 341 g/mol. The van der Waals surface area contributed by atoms with E-state index < -0.39 is 0 Å². The highest BCUT2D eigenvalue weighted by molar-refractivity contribution is 7.04. The van der Waals surface area contributed by atoms with Gasteiger partial charge in [0.2, 0.25) is 5.75 Å². The second-order valence-corrected chi connectivity index (χ2v) is 5.99. The average Bonchev–Trinajstić information content (AvgIpc) is 3.10. The molecule has 4 nitrogen and oxygen atoms in total. The molecule has 1 aromatic heterocycles. The van der Waals surface area contributed by atoms with Crippen LogP contribution in [0.25, 0.3) is 22.4 Å². The van der Waals surface area contributed by atoms with Crippen LogP contribution in [-0.2, 0) is 0 Å². The van der Waals surface area contributed by atoms with Crippen molar-refractivity contribution in [2.75, 3.05) is 21.3 Å². The first-order valence-corrected chi connectivity index (χ1v) is 8.33. The van der Waals surface area contributed by atoms with Crippen LogP contribution < -0.4 is 14.2 Å². The highest BCUT2D eigenvalue weighted by Crippen LogP contribution is 2.43. The van der Waals surface area contributed by atoms with Gasteiger partial charge in [-0.05, 0) is 36.2 Å². The lowest BCUT2D eigenvalue weighted by molar-refractivity contribution is 0.324. The van der Waals surface area contributed by atoms with Crippen molar-refractivity contribution in [3.63, 3.8) is 0 Å². The molecule has 0 fully saturated rings. The van der Waals surface area contributed by atoms with Crippen LogP contribution >= 0.6 is 11.5 Å². The maximum Gasteiger partial charge on any atom is 0.203 e. The maximum atomic E-state index is 5.45. The Morgan fingerprint density at radius 3 is 2.00 bits per heavy atom. The van der Waals surface area contributed by atoms with Crippen LogP contribution in [0.1, 0.15) is 5.56 Å². The molecular weight excluding hydrogens is 322 g/mol. The van der Waals surface area contributed by atoms with Gasteiger partial charge < -0.3 is 14.2 Å². The molecule has 1 heterocycles. The molecule has 2 aromatic carbocycles. The molecule has 0 aliphatic heterocycles. The number of hydrogen-bond acceptors (Lipinski definition) is 5. The molecule has 24 heavy (non-hydrogen) atoms. The fraction of sp³-hybridized carbons (Fsp3) is 0.211. The maximum absolute atomic E-state index is 5.45. The Bertz CT molecular complexity index is 815. The predicted octanol–water partition coefficient (Wildman–Crippen LogP) is 4.81. The fourth-order valence-corrected chi connectivity index (χ4v) is 3.32. The molecule has 0 N–H and O–H groups in total. The molecule has 0 aliphatic rings. The Morgan fingerprint density at radius 2 is 1.46 bits per heavy atom. The minimum Gasteiger partial charge on any atom is -0.493 e. The first-order valence-electron chi connectivity index (χ1n) is 7.49. The second-order valence-electron chi connectivity index (χ2n) is 5.36. The lowest BCUT2D eigenvalue weighted by atomic mass is 10.0. The molecule has 0 radical (unpaired) electrons. The van der Waals surface area contributed by atoms with Crippen LogP contribution in [0, 0.1) is 6.92 Å². The third-order valence-corrected chi connectivity index (χ3v) is 4.50. The fourth-order valence-electron chi connectivity index (χ4n) is 2.60. The molecule has 0 spiro atoms. The van der Waals surface area contributed by atoms with Gasteiger partial charge in [0.1, 0.15) is 0 Å². The molecule has 0 amide bonds. The van der Waals surface area contributed by atoms with Crippen molar-refractivity contribution in [1.29, 1.82) is 0 Å². The number of methoxy groups -OCH3 is 3. The molecule has 0 aliphatic carbocycles. The van der Waals surface area contributed by atoms with E-state index in [1.165, 1.54) is 17.1 Å². The zero-order valence-electron chi connectivity index (χ0n) is 14.1. The number of rotatable bonds is 5. The van der Waals surface area contributed by atoms with Crippen LogP contribution in [-0.4, -0.2) is 25.7 Å². The van der Waals surface area contributed by atoms with E-state index in [2.05, 4.69) is 40.9 Å². The van der Waals surface area contributed by atoms with E-state index in [9.17, 15) is 0 Å². The third kappa shape index (κ3) is 2.95. The predicted molar refractivity (Wildman–Crippen MR) is 97.4 cm³/mol. The van der Waals surface area contributed by atoms with Crippen LogP contribution in [0.2, 0.25) is 0 Å². The van der Waals surface area contributed by atoms with Crippen LogP contribution in [0.4, 0.5) is 0 Å². The summed E-state index contributed by atoms with van der Waals surface area (Å²) in [5, 5.41) is 2.06. The number of aryl methyl sites for hydroxylation is 1. The number of aromatic nitrogens is 1. The molecule has 3 rings (SSSR count). The van der Waals surface area contributed by atoms with E-state index in [1.54, 1.807) is 21.3 Å². The van der Waals surface area contributed by atoms with Crippen LogP contribution in [0.5, 0.6) is 17.2 Å². The molecular formula is C19H19NO3S. The second kappa shape index (κ2) is 6.93. The Kier molecular flexibility index (Phi) is 4.71. The summed E-state index contributed by atoms with van der Waals surface area (Å²) in [6.07, 6.45) is 0. The van der Waals surface area contributed by atoms with Gasteiger partial charge in [-0.1, -0.05) is 29.8 Å². The van der Waals surface area contributed by atoms with Crippen molar-refractivity contribution in [3.8, 4) is 39.6 Å². The lowest BCUT2D eigenvalue weighted by Crippen LogP contribution is -1.96.